The van der Waals surface area contributed by atoms with Crippen LogP contribution in [0.25, 0.3) is 0 Å². The molecule has 1 amide bonds. The number of thioether (sulfide) groups is 1. The van der Waals surface area contributed by atoms with Crippen molar-refractivity contribution in [2.75, 3.05) is 11.4 Å². The first kappa shape index (κ1) is 9.55. The monoisotopic (exact) mass is 239 g/mol. The van der Waals surface area contributed by atoms with Gasteiger partial charge in [-0.15, -0.1) is 11.8 Å². The number of fused-ring (bicyclic) bond motifs is 2. The molecule has 0 saturated carbocycles. The van der Waals surface area contributed by atoms with Gasteiger partial charge in [-0.25, -0.2) is 0 Å². The van der Waals surface area contributed by atoms with Crippen molar-refractivity contribution >= 4 is 35.0 Å². The molecule has 2 unspecified atom stereocenters. The lowest BCUT2D eigenvalue weighted by atomic mass is 10.1. The van der Waals surface area contributed by atoms with E-state index in [4.69, 9.17) is 11.6 Å². The second kappa shape index (κ2) is 3.42. The topological polar surface area (TPSA) is 20.3 Å². The summed E-state index contributed by atoms with van der Waals surface area (Å²) in [6.07, 6.45) is 1.06. The molecular formula is C11H10ClNOS. The van der Waals surface area contributed by atoms with Gasteiger partial charge >= 0.3 is 0 Å². The second-order valence-corrected chi connectivity index (χ2v) is 5.85. The van der Waals surface area contributed by atoms with Crippen LogP contribution in [0.4, 0.5) is 5.69 Å². The Kier molecular flexibility index (Phi) is 2.18. The molecule has 2 nitrogen and oxygen atoms in total. The van der Waals surface area contributed by atoms with E-state index in [2.05, 4.69) is 0 Å². The van der Waals surface area contributed by atoms with Crippen molar-refractivity contribution in [1.82, 2.24) is 0 Å². The molecule has 1 aromatic rings. The van der Waals surface area contributed by atoms with Crippen LogP contribution >= 0.6 is 23.4 Å². The van der Waals surface area contributed by atoms with Crippen LogP contribution in [-0.4, -0.2) is 23.0 Å². The first-order valence-corrected chi connectivity index (χ1v) is 6.28. The highest BCUT2D eigenvalue weighted by atomic mass is 35.5. The predicted molar refractivity (Wildman–Crippen MR) is 63.6 cm³/mol. The lowest BCUT2D eigenvalue weighted by Gasteiger charge is -2.45. The van der Waals surface area contributed by atoms with E-state index in [-0.39, 0.29) is 11.2 Å². The molecule has 0 aliphatic carbocycles. The summed E-state index contributed by atoms with van der Waals surface area (Å²) in [5.41, 5.74) is 0.972. The molecule has 3 aliphatic rings. The van der Waals surface area contributed by atoms with Gasteiger partial charge in [0, 0.05) is 22.5 Å². The summed E-state index contributed by atoms with van der Waals surface area (Å²) < 4.78 is 0. The highest BCUT2D eigenvalue weighted by Gasteiger charge is 2.44. The number of anilines is 1. The number of piperidine rings is 1. The van der Waals surface area contributed by atoms with Crippen LogP contribution in [0.1, 0.15) is 6.42 Å². The van der Waals surface area contributed by atoms with Gasteiger partial charge in [0.05, 0.1) is 5.25 Å². The van der Waals surface area contributed by atoms with Crippen molar-refractivity contribution in [3.8, 4) is 0 Å². The predicted octanol–water partition coefficient (Wildman–Crippen LogP) is 2.56. The van der Waals surface area contributed by atoms with Crippen molar-refractivity contribution < 1.29 is 4.79 Å². The number of nitrogens with zero attached hydrogens (tertiary/aromatic N) is 1. The molecule has 0 N–H and O–H groups in total. The molecular weight excluding hydrogens is 230 g/mol. The SMILES string of the molecule is O=C1C2CC(CN1c1ccc(Cl)cc1)S2. The third-order valence-corrected chi connectivity index (χ3v) is 4.60. The molecule has 4 rings (SSSR count). The van der Waals surface area contributed by atoms with E-state index in [1.807, 2.05) is 40.9 Å². The number of hydrogen-bond acceptors (Lipinski definition) is 2. The second-order valence-electron chi connectivity index (χ2n) is 3.91. The Labute approximate surface area is 97.6 Å². The van der Waals surface area contributed by atoms with Gasteiger partial charge in [0.15, 0.2) is 0 Å². The minimum absolute atomic E-state index is 0.208. The number of amides is 1. The maximum Gasteiger partial charge on any atom is 0.240 e. The Morgan fingerprint density at radius 3 is 2.60 bits per heavy atom. The standard InChI is InChI=1S/C11H10ClNOS/c12-7-1-3-8(4-2-7)13-6-9-5-10(15-9)11(13)14/h1-4,9-10H,5-6H2. The summed E-state index contributed by atoms with van der Waals surface area (Å²) in [6.45, 7) is 0.849. The van der Waals surface area contributed by atoms with Gasteiger partial charge < -0.3 is 4.90 Å². The first-order chi connectivity index (χ1) is 7.24. The van der Waals surface area contributed by atoms with Crippen molar-refractivity contribution in [2.45, 2.75) is 16.9 Å². The van der Waals surface area contributed by atoms with Crippen LogP contribution in [0.3, 0.4) is 0 Å². The highest BCUT2D eigenvalue weighted by Crippen LogP contribution is 2.43. The zero-order valence-electron chi connectivity index (χ0n) is 8.02. The van der Waals surface area contributed by atoms with Crippen LogP contribution in [0.15, 0.2) is 24.3 Å². The molecule has 0 radical (unpaired) electrons. The van der Waals surface area contributed by atoms with Crippen LogP contribution in [-0.2, 0) is 4.79 Å². The molecule has 15 heavy (non-hydrogen) atoms. The van der Waals surface area contributed by atoms with Crippen molar-refractivity contribution in [2.24, 2.45) is 0 Å². The molecule has 1 aromatic carbocycles. The average Bonchev–Trinajstić information content (AvgIpc) is 2.18. The minimum atomic E-state index is 0.208. The van der Waals surface area contributed by atoms with E-state index in [0.29, 0.717) is 10.3 Å². The van der Waals surface area contributed by atoms with Gasteiger partial charge in [-0.2, -0.15) is 0 Å². The summed E-state index contributed by atoms with van der Waals surface area (Å²) in [6, 6.07) is 7.49. The van der Waals surface area contributed by atoms with Gasteiger partial charge in [0.1, 0.15) is 0 Å². The first-order valence-electron chi connectivity index (χ1n) is 4.96. The molecule has 0 aromatic heterocycles. The fourth-order valence-corrected chi connectivity index (χ4v) is 3.42. The third-order valence-electron chi connectivity index (χ3n) is 2.90. The van der Waals surface area contributed by atoms with Crippen molar-refractivity contribution in [1.29, 1.82) is 0 Å². The molecule has 4 heteroatoms. The largest absolute Gasteiger partial charge is 0.310 e. The van der Waals surface area contributed by atoms with Gasteiger partial charge in [0.25, 0.3) is 0 Å². The lowest BCUT2D eigenvalue weighted by Crippen LogP contribution is -2.55. The Hall–Kier alpha value is -0.670. The molecule has 2 atom stereocenters. The Balaban J connectivity index is 1.88. The lowest BCUT2D eigenvalue weighted by molar-refractivity contribution is -0.119. The number of carbonyl (C=O) groups is 1. The van der Waals surface area contributed by atoms with Crippen LogP contribution in [0, 0.1) is 0 Å². The quantitative estimate of drug-likeness (QED) is 0.751. The van der Waals surface area contributed by atoms with Crippen LogP contribution < -0.4 is 4.90 Å². The van der Waals surface area contributed by atoms with Gasteiger partial charge in [0.2, 0.25) is 5.91 Å². The zero-order chi connectivity index (χ0) is 10.4. The van der Waals surface area contributed by atoms with E-state index in [1.165, 1.54) is 0 Å². The minimum Gasteiger partial charge on any atom is -0.310 e. The van der Waals surface area contributed by atoms with Crippen LogP contribution in [0.5, 0.6) is 0 Å². The molecule has 78 valence electrons. The molecule has 3 aliphatic heterocycles. The highest BCUT2D eigenvalue weighted by molar-refractivity contribution is 8.02. The maximum atomic E-state index is 11.9. The number of rotatable bonds is 1. The number of benzene rings is 1. The summed E-state index contributed by atoms with van der Waals surface area (Å²) in [5, 5.41) is 1.56. The Bertz CT molecular complexity index is 400. The average molecular weight is 240 g/mol. The molecule has 0 spiro atoms. The van der Waals surface area contributed by atoms with Gasteiger partial charge in [-0.1, -0.05) is 11.6 Å². The van der Waals surface area contributed by atoms with E-state index in [9.17, 15) is 4.79 Å². The summed E-state index contributed by atoms with van der Waals surface area (Å²) in [5.74, 6) is 0.254. The van der Waals surface area contributed by atoms with E-state index >= 15 is 0 Å². The van der Waals surface area contributed by atoms with Crippen molar-refractivity contribution in [3.63, 3.8) is 0 Å². The Morgan fingerprint density at radius 2 is 2.00 bits per heavy atom. The van der Waals surface area contributed by atoms with E-state index in [0.717, 1.165) is 18.7 Å². The summed E-state index contributed by atoms with van der Waals surface area (Å²) >= 11 is 7.62. The molecule has 3 saturated heterocycles. The smallest absolute Gasteiger partial charge is 0.240 e. The van der Waals surface area contributed by atoms with Gasteiger partial charge in [-0.05, 0) is 30.7 Å². The molecule has 3 heterocycles. The van der Waals surface area contributed by atoms with Gasteiger partial charge in [-0.3, -0.25) is 4.79 Å². The summed E-state index contributed by atoms with van der Waals surface area (Å²) in [4.78, 5) is 13.8. The fraction of sp³-hybridized carbons (Fsp3) is 0.364. The number of halogens is 1. The van der Waals surface area contributed by atoms with Crippen LogP contribution in [0.2, 0.25) is 5.02 Å². The summed E-state index contributed by atoms with van der Waals surface area (Å²) in [7, 11) is 0. The third kappa shape index (κ3) is 1.54. The zero-order valence-corrected chi connectivity index (χ0v) is 9.59. The maximum absolute atomic E-state index is 11.9. The van der Waals surface area contributed by atoms with E-state index < -0.39 is 0 Å². The Morgan fingerprint density at radius 1 is 1.33 bits per heavy atom. The van der Waals surface area contributed by atoms with Crippen molar-refractivity contribution in [3.05, 3.63) is 29.3 Å². The van der Waals surface area contributed by atoms with E-state index in [1.54, 1.807) is 0 Å². The fourth-order valence-electron chi connectivity index (χ4n) is 2.06. The normalized spacial score (nSPS) is 28.9. The number of carbonyl (C=O) groups excluding carboxylic acids is 1. The number of hydrogen-bond donors (Lipinski definition) is 0. The molecule has 2 bridgehead atoms. The molecule has 3 fully saturated rings.